The van der Waals surface area contributed by atoms with Gasteiger partial charge in [-0.05, 0) is 31.6 Å². The molecule has 1 aromatic heterocycles. The first-order valence-electron chi connectivity index (χ1n) is 7.42. The van der Waals surface area contributed by atoms with E-state index in [1.807, 2.05) is 18.7 Å². The number of aryl methyl sites for hydroxylation is 2. The number of nitrogens with one attached hydrogen (secondary N) is 1. The molecule has 2 atom stereocenters. The fourth-order valence-corrected chi connectivity index (χ4v) is 3.54. The molecule has 1 aliphatic rings. The lowest BCUT2D eigenvalue weighted by molar-refractivity contribution is 0.204. The van der Waals surface area contributed by atoms with E-state index in [9.17, 15) is 0 Å². The molecule has 0 aliphatic heterocycles. The van der Waals surface area contributed by atoms with Crippen molar-refractivity contribution in [2.24, 2.45) is 18.9 Å². The second kappa shape index (κ2) is 6.27. The maximum atomic E-state index is 6.31. The van der Waals surface area contributed by atoms with Gasteiger partial charge in [-0.1, -0.05) is 38.3 Å². The number of nitrogens with zero attached hydrogens (tertiary/aromatic N) is 2. The van der Waals surface area contributed by atoms with Crippen LogP contribution in [0.25, 0.3) is 0 Å². The summed E-state index contributed by atoms with van der Waals surface area (Å²) in [7, 11) is 1.97. The van der Waals surface area contributed by atoms with Crippen molar-refractivity contribution in [2.45, 2.75) is 59.0 Å². The summed E-state index contributed by atoms with van der Waals surface area (Å²) in [5.74, 6) is 1.54. The highest BCUT2D eigenvalue weighted by molar-refractivity contribution is 6.31. The van der Waals surface area contributed by atoms with Crippen LogP contribution < -0.4 is 5.32 Å². The predicted molar refractivity (Wildman–Crippen MR) is 80.4 cm³/mol. The molecular weight excluding hydrogens is 258 g/mol. The van der Waals surface area contributed by atoms with Gasteiger partial charge >= 0.3 is 0 Å². The Hall–Kier alpha value is -0.540. The Labute approximate surface area is 121 Å². The average Bonchev–Trinajstić information content (AvgIpc) is 2.61. The van der Waals surface area contributed by atoms with Gasteiger partial charge < -0.3 is 5.32 Å². The summed E-state index contributed by atoms with van der Waals surface area (Å²) < 4.78 is 1.90. The minimum Gasteiger partial charge on any atom is -0.308 e. The molecule has 19 heavy (non-hydrogen) atoms. The van der Waals surface area contributed by atoms with Gasteiger partial charge in [0.1, 0.15) is 0 Å². The van der Waals surface area contributed by atoms with Crippen LogP contribution in [0.4, 0.5) is 0 Å². The highest BCUT2D eigenvalue weighted by Gasteiger charge is 2.27. The van der Waals surface area contributed by atoms with E-state index < -0.39 is 0 Å². The van der Waals surface area contributed by atoms with Crippen LogP contribution in [0.3, 0.4) is 0 Å². The molecule has 1 aromatic rings. The first-order valence-corrected chi connectivity index (χ1v) is 7.80. The second-order valence-corrected chi connectivity index (χ2v) is 6.53. The third kappa shape index (κ3) is 3.32. The van der Waals surface area contributed by atoms with E-state index in [-0.39, 0.29) is 0 Å². The minimum absolute atomic E-state index is 0.625. The van der Waals surface area contributed by atoms with Crippen molar-refractivity contribution in [1.29, 1.82) is 0 Å². The minimum atomic E-state index is 0.625. The van der Waals surface area contributed by atoms with Gasteiger partial charge in [-0.3, -0.25) is 4.68 Å². The molecule has 2 rings (SSSR count). The van der Waals surface area contributed by atoms with Crippen molar-refractivity contribution in [1.82, 2.24) is 15.1 Å². The summed E-state index contributed by atoms with van der Waals surface area (Å²) in [4.78, 5) is 0. The summed E-state index contributed by atoms with van der Waals surface area (Å²) in [6.45, 7) is 7.46. The molecule has 1 fully saturated rings. The maximum Gasteiger partial charge on any atom is 0.0860 e. The molecule has 1 aliphatic carbocycles. The number of hydrogen-bond donors (Lipinski definition) is 1. The summed E-state index contributed by atoms with van der Waals surface area (Å²) in [5, 5.41) is 8.90. The quantitative estimate of drug-likeness (QED) is 0.913. The molecule has 1 heterocycles. The first kappa shape index (κ1) is 14.9. The molecule has 0 saturated heterocycles. The SMILES string of the molecule is Cc1nn(C)c(CNC2CCCCC2C(C)C)c1Cl. The second-order valence-electron chi connectivity index (χ2n) is 6.15. The Morgan fingerprint density at radius 2 is 2.05 bits per heavy atom. The van der Waals surface area contributed by atoms with Crippen molar-refractivity contribution in [3.8, 4) is 0 Å². The number of rotatable bonds is 4. The standard InChI is InChI=1S/C15H26ClN3/c1-10(2)12-7-5-6-8-13(12)17-9-14-15(16)11(3)18-19(14)4/h10,12-13,17H,5-9H2,1-4H3. The van der Waals surface area contributed by atoms with Gasteiger partial charge in [0.05, 0.1) is 16.4 Å². The van der Waals surface area contributed by atoms with Gasteiger partial charge in [0.2, 0.25) is 0 Å². The topological polar surface area (TPSA) is 29.9 Å². The van der Waals surface area contributed by atoms with E-state index in [0.29, 0.717) is 6.04 Å². The van der Waals surface area contributed by atoms with E-state index in [1.54, 1.807) is 0 Å². The number of hydrogen-bond acceptors (Lipinski definition) is 2. The normalized spacial score (nSPS) is 24.1. The van der Waals surface area contributed by atoms with Crippen molar-refractivity contribution in [2.75, 3.05) is 0 Å². The Bertz CT molecular complexity index is 425. The Balaban J connectivity index is 2.00. The van der Waals surface area contributed by atoms with Crippen molar-refractivity contribution in [3.63, 3.8) is 0 Å². The smallest absolute Gasteiger partial charge is 0.0860 e. The molecule has 0 spiro atoms. The van der Waals surface area contributed by atoms with Crippen LogP contribution in [0.1, 0.15) is 50.9 Å². The van der Waals surface area contributed by atoms with Crippen LogP contribution in [0.2, 0.25) is 5.02 Å². The van der Waals surface area contributed by atoms with Crippen LogP contribution in [-0.4, -0.2) is 15.8 Å². The van der Waals surface area contributed by atoms with Gasteiger partial charge in [-0.25, -0.2) is 0 Å². The molecule has 4 heteroatoms. The molecule has 1 N–H and O–H groups in total. The van der Waals surface area contributed by atoms with E-state index in [1.165, 1.54) is 25.7 Å². The zero-order chi connectivity index (χ0) is 14.0. The monoisotopic (exact) mass is 283 g/mol. The Kier molecular flexibility index (Phi) is 4.91. The van der Waals surface area contributed by atoms with Crippen LogP contribution in [0.5, 0.6) is 0 Å². The summed E-state index contributed by atoms with van der Waals surface area (Å²) >= 11 is 6.31. The van der Waals surface area contributed by atoms with E-state index in [0.717, 1.165) is 34.8 Å². The lowest BCUT2D eigenvalue weighted by atomic mass is 9.78. The third-order valence-electron chi connectivity index (χ3n) is 4.47. The Morgan fingerprint density at radius 1 is 1.37 bits per heavy atom. The lowest BCUT2D eigenvalue weighted by Crippen LogP contribution is -2.40. The van der Waals surface area contributed by atoms with Crippen LogP contribution in [0.15, 0.2) is 0 Å². The fraction of sp³-hybridized carbons (Fsp3) is 0.800. The molecule has 0 amide bonds. The fourth-order valence-electron chi connectivity index (χ4n) is 3.31. The van der Waals surface area contributed by atoms with E-state index in [4.69, 9.17) is 11.6 Å². The molecular formula is C15H26ClN3. The first-order chi connectivity index (χ1) is 9.00. The summed E-state index contributed by atoms with van der Waals surface area (Å²) in [5.41, 5.74) is 2.03. The molecule has 108 valence electrons. The van der Waals surface area contributed by atoms with Crippen molar-refractivity contribution in [3.05, 3.63) is 16.4 Å². The molecule has 3 nitrogen and oxygen atoms in total. The molecule has 0 aromatic carbocycles. The van der Waals surface area contributed by atoms with Crippen LogP contribution >= 0.6 is 11.6 Å². The number of aromatic nitrogens is 2. The zero-order valence-electron chi connectivity index (χ0n) is 12.5. The highest BCUT2D eigenvalue weighted by Crippen LogP contribution is 2.30. The van der Waals surface area contributed by atoms with Gasteiger partial charge in [0.15, 0.2) is 0 Å². The predicted octanol–water partition coefficient (Wildman–Crippen LogP) is 3.69. The average molecular weight is 284 g/mol. The van der Waals surface area contributed by atoms with E-state index in [2.05, 4.69) is 24.3 Å². The van der Waals surface area contributed by atoms with Crippen molar-refractivity contribution >= 4 is 11.6 Å². The zero-order valence-corrected chi connectivity index (χ0v) is 13.3. The third-order valence-corrected chi connectivity index (χ3v) is 4.96. The largest absolute Gasteiger partial charge is 0.308 e. The van der Waals surface area contributed by atoms with Gasteiger partial charge in [-0.2, -0.15) is 5.10 Å². The van der Waals surface area contributed by atoms with Gasteiger partial charge in [-0.15, -0.1) is 0 Å². The van der Waals surface area contributed by atoms with Crippen LogP contribution in [0, 0.1) is 18.8 Å². The Morgan fingerprint density at radius 3 is 2.63 bits per heavy atom. The highest BCUT2D eigenvalue weighted by atomic mass is 35.5. The molecule has 1 saturated carbocycles. The molecule has 0 bridgehead atoms. The lowest BCUT2D eigenvalue weighted by Gasteiger charge is -2.35. The molecule has 2 unspecified atom stereocenters. The summed E-state index contributed by atoms with van der Waals surface area (Å²) in [6, 6.07) is 0.625. The summed E-state index contributed by atoms with van der Waals surface area (Å²) in [6.07, 6.45) is 5.37. The van der Waals surface area contributed by atoms with Gasteiger partial charge in [0, 0.05) is 19.6 Å². The maximum absolute atomic E-state index is 6.31. The molecule has 0 radical (unpaired) electrons. The van der Waals surface area contributed by atoms with Gasteiger partial charge in [0.25, 0.3) is 0 Å². The van der Waals surface area contributed by atoms with E-state index >= 15 is 0 Å². The van der Waals surface area contributed by atoms with Crippen molar-refractivity contribution < 1.29 is 0 Å². The number of halogens is 1. The van der Waals surface area contributed by atoms with Crippen LogP contribution in [-0.2, 0) is 13.6 Å².